The van der Waals surface area contributed by atoms with E-state index in [1.807, 2.05) is 18.5 Å². The molecule has 10 nitrogen and oxygen atoms in total. The summed E-state index contributed by atoms with van der Waals surface area (Å²) in [5.41, 5.74) is 6.29. The lowest BCUT2D eigenvalue weighted by atomic mass is 9.34. The van der Waals surface area contributed by atoms with Crippen LogP contribution in [0.1, 0.15) is 144 Å². The number of hydrogen-bond acceptors (Lipinski definition) is 7. The maximum Gasteiger partial charge on any atom is 0.307 e. The molecule has 11 atom stereocenters. The first-order valence-electron chi connectivity index (χ1n) is 20.4. The van der Waals surface area contributed by atoms with E-state index in [0.717, 1.165) is 44.9 Å². The molecule has 2 bridgehead atoms. The molecule has 10 heteroatoms. The largest absolute Gasteiger partial charge is 0.481 e. The van der Waals surface area contributed by atoms with Crippen LogP contribution in [0, 0.1) is 56.7 Å². The van der Waals surface area contributed by atoms with Crippen LogP contribution in [0.25, 0.3) is 0 Å². The van der Waals surface area contributed by atoms with Gasteiger partial charge in [0.1, 0.15) is 6.33 Å². The van der Waals surface area contributed by atoms with Crippen molar-refractivity contribution in [2.75, 3.05) is 19.8 Å². The SMILES string of the molecule is CCC(N)(CC)CO[C@H]1[C@H](n2ncnc2C(=O)NC(C)C)CC23COC[C@@]1(C)[C@@H]2CC[C@H]1C3=CC[C@@]2(C)[C@H](C(=O)O)[C@@](C)([C@H](C)C(C)C)CC[C@]12C. The molecule has 6 rings (SSSR count). The van der Waals surface area contributed by atoms with Crippen molar-refractivity contribution in [3.05, 3.63) is 23.8 Å². The van der Waals surface area contributed by atoms with Crippen LogP contribution >= 0.6 is 0 Å². The molecular formula is C42H69N5O5. The van der Waals surface area contributed by atoms with Gasteiger partial charge in [0.05, 0.1) is 37.9 Å². The summed E-state index contributed by atoms with van der Waals surface area (Å²) < 4.78 is 15.6. The number of ether oxygens (including phenoxy) is 2. The van der Waals surface area contributed by atoms with Gasteiger partial charge in [-0.2, -0.15) is 5.10 Å². The third-order valence-corrected chi connectivity index (χ3v) is 16.6. The van der Waals surface area contributed by atoms with Crippen molar-refractivity contribution in [1.82, 2.24) is 20.1 Å². The zero-order valence-electron chi connectivity index (χ0n) is 34.1. The molecule has 1 aromatic heterocycles. The lowest BCUT2D eigenvalue weighted by Gasteiger charge is -2.71. The molecule has 0 radical (unpaired) electrons. The minimum Gasteiger partial charge on any atom is -0.481 e. The van der Waals surface area contributed by atoms with E-state index in [1.165, 1.54) is 11.9 Å². The Kier molecular flexibility index (Phi) is 10.2. The number of aliphatic carboxylic acids is 1. The molecule has 1 unspecified atom stereocenters. The van der Waals surface area contributed by atoms with E-state index in [4.69, 9.17) is 20.3 Å². The van der Waals surface area contributed by atoms with E-state index in [-0.39, 0.29) is 57.6 Å². The Bertz CT molecular complexity index is 1550. The molecule has 292 valence electrons. The summed E-state index contributed by atoms with van der Waals surface area (Å²) in [6, 6.07) is -0.319. The lowest BCUT2D eigenvalue weighted by molar-refractivity contribution is -0.252. The highest BCUT2D eigenvalue weighted by atomic mass is 16.5. The maximum absolute atomic E-state index is 13.6. The van der Waals surface area contributed by atoms with Crippen LogP contribution in [0.3, 0.4) is 0 Å². The van der Waals surface area contributed by atoms with E-state index in [1.54, 1.807) is 0 Å². The Labute approximate surface area is 312 Å². The van der Waals surface area contributed by atoms with Gasteiger partial charge in [-0.25, -0.2) is 9.67 Å². The molecule has 4 aliphatic carbocycles. The van der Waals surface area contributed by atoms with Gasteiger partial charge in [0.2, 0.25) is 5.82 Å². The Morgan fingerprint density at radius 2 is 1.77 bits per heavy atom. The number of carboxylic acid groups (broad SMARTS) is 1. The molecule has 5 aliphatic rings. The Morgan fingerprint density at radius 1 is 1.08 bits per heavy atom. The predicted octanol–water partition coefficient (Wildman–Crippen LogP) is 7.45. The highest BCUT2D eigenvalue weighted by Crippen LogP contribution is 2.75. The zero-order chi connectivity index (χ0) is 38.2. The van der Waals surface area contributed by atoms with E-state index >= 15 is 0 Å². The van der Waals surface area contributed by atoms with Crippen LogP contribution in [0.4, 0.5) is 0 Å². The second-order valence-corrected chi connectivity index (χ2v) is 19.6. The first-order valence-corrected chi connectivity index (χ1v) is 20.4. The normalized spacial score (nSPS) is 40.7. The number of fused-ring (bicyclic) bond motifs is 3. The second-order valence-electron chi connectivity index (χ2n) is 19.6. The third-order valence-electron chi connectivity index (χ3n) is 16.6. The minimum absolute atomic E-state index is 0.0478. The smallest absolute Gasteiger partial charge is 0.307 e. The van der Waals surface area contributed by atoms with Crippen molar-refractivity contribution in [2.24, 2.45) is 62.4 Å². The Hall–Kier alpha value is -2.30. The molecule has 1 aromatic rings. The fourth-order valence-corrected chi connectivity index (χ4v) is 12.8. The average molecular weight is 724 g/mol. The van der Waals surface area contributed by atoms with E-state index in [0.29, 0.717) is 43.9 Å². The first-order chi connectivity index (χ1) is 24.3. The predicted molar refractivity (Wildman–Crippen MR) is 202 cm³/mol. The molecule has 1 saturated heterocycles. The second kappa shape index (κ2) is 13.5. The van der Waals surface area contributed by atoms with Crippen molar-refractivity contribution in [3.8, 4) is 0 Å². The summed E-state index contributed by atoms with van der Waals surface area (Å²) in [6.45, 7) is 25.8. The summed E-state index contributed by atoms with van der Waals surface area (Å²) in [5, 5.41) is 18.9. The number of nitrogens with zero attached hydrogens (tertiary/aromatic N) is 3. The Balaban J connectivity index is 1.47. The number of nitrogens with one attached hydrogen (secondary N) is 1. The maximum atomic E-state index is 13.6. The molecule has 1 amide bonds. The average Bonchev–Trinajstić information content (AvgIpc) is 3.57. The number of carbonyl (C=O) groups excluding carboxylic acids is 1. The fraction of sp³-hybridized carbons (Fsp3) is 0.857. The quantitative estimate of drug-likeness (QED) is 0.200. The molecule has 4 N–H and O–H groups in total. The van der Waals surface area contributed by atoms with Crippen LogP contribution in [0.15, 0.2) is 18.0 Å². The number of nitrogens with two attached hydrogens (primary N) is 1. The molecule has 2 heterocycles. The van der Waals surface area contributed by atoms with Crippen LogP contribution < -0.4 is 11.1 Å². The molecule has 1 aliphatic heterocycles. The van der Waals surface area contributed by atoms with Gasteiger partial charge in [-0.1, -0.05) is 74.0 Å². The molecule has 4 fully saturated rings. The number of hydrogen-bond donors (Lipinski definition) is 3. The van der Waals surface area contributed by atoms with E-state index < -0.39 is 22.8 Å². The summed E-state index contributed by atoms with van der Waals surface area (Å²) in [4.78, 5) is 31.7. The topological polar surface area (TPSA) is 142 Å². The zero-order valence-corrected chi connectivity index (χ0v) is 34.1. The monoisotopic (exact) mass is 724 g/mol. The highest BCUT2D eigenvalue weighted by molar-refractivity contribution is 5.90. The highest BCUT2D eigenvalue weighted by Gasteiger charge is 2.72. The van der Waals surface area contributed by atoms with Gasteiger partial charge >= 0.3 is 5.97 Å². The summed E-state index contributed by atoms with van der Waals surface area (Å²) in [6.07, 6.45) is 10.7. The molecule has 0 spiro atoms. The van der Waals surface area contributed by atoms with Crippen molar-refractivity contribution in [2.45, 2.75) is 151 Å². The van der Waals surface area contributed by atoms with Crippen LogP contribution in [-0.4, -0.2) is 69.3 Å². The molecule has 3 saturated carbocycles. The fourth-order valence-electron chi connectivity index (χ4n) is 12.8. The standard InChI is InChI=1S/C42H69N5O5/c1-12-41(43,13-2)22-52-33-30(47-34(44-24-45-47)35(48)46-26(5)6)20-42-23-51-21-38(33,9)31(42)15-14-28-29(42)16-17-40(11)32(36(49)50)37(8,27(7)25(3)4)18-19-39(28,40)10/h16,24-28,30-33H,12-15,17-23,43H2,1-11H3,(H,46,48)(H,49,50)/t27-,28+,30-,31+,32-,33+,37-,38+,39-,40+,42?/m1/s1. The van der Waals surface area contributed by atoms with Crippen molar-refractivity contribution < 1.29 is 24.2 Å². The van der Waals surface area contributed by atoms with Gasteiger partial charge in [-0.15, -0.1) is 0 Å². The van der Waals surface area contributed by atoms with E-state index in [2.05, 4.69) is 78.7 Å². The summed E-state index contributed by atoms with van der Waals surface area (Å²) >= 11 is 0. The van der Waals surface area contributed by atoms with Gasteiger partial charge in [0, 0.05) is 22.4 Å². The minimum atomic E-state index is -0.646. The van der Waals surface area contributed by atoms with Crippen molar-refractivity contribution >= 4 is 11.9 Å². The number of carbonyl (C=O) groups is 2. The van der Waals surface area contributed by atoms with Crippen LogP contribution in [-0.2, 0) is 14.3 Å². The van der Waals surface area contributed by atoms with Gasteiger partial charge in [-0.05, 0) is 105 Å². The van der Waals surface area contributed by atoms with E-state index in [9.17, 15) is 14.7 Å². The number of amides is 1. The van der Waals surface area contributed by atoms with Crippen LogP contribution in [0.2, 0.25) is 0 Å². The van der Waals surface area contributed by atoms with Crippen molar-refractivity contribution in [3.63, 3.8) is 0 Å². The summed E-state index contributed by atoms with van der Waals surface area (Å²) in [7, 11) is 0. The first kappa shape index (κ1) is 39.4. The molecular weight excluding hydrogens is 654 g/mol. The number of carboxylic acids is 1. The van der Waals surface area contributed by atoms with Crippen LogP contribution in [0.5, 0.6) is 0 Å². The number of aromatic nitrogens is 3. The lowest BCUT2D eigenvalue weighted by Crippen LogP contribution is -2.69. The summed E-state index contributed by atoms with van der Waals surface area (Å²) in [5.74, 6) is 0.191. The van der Waals surface area contributed by atoms with Gasteiger partial charge < -0.3 is 25.6 Å². The van der Waals surface area contributed by atoms with Crippen molar-refractivity contribution in [1.29, 1.82) is 0 Å². The molecule has 0 aromatic carbocycles. The third kappa shape index (κ3) is 5.65. The molecule has 52 heavy (non-hydrogen) atoms. The van der Waals surface area contributed by atoms with Gasteiger partial charge in [0.15, 0.2) is 0 Å². The van der Waals surface area contributed by atoms with Gasteiger partial charge in [-0.3, -0.25) is 9.59 Å². The number of rotatable bonds is 11. The van der Waals surface area contributed by atoms with Gasteiger partial charge in [0.25, 0.3) is 5.91 Å². The number of allylic oxidation sites excluding steroid dienone is 1. The Morgan fingerprint density at radius 3 is 2.38 bits per heavy atom.